The highest BCUT2D eigenvalue weighted by molar-refractivity contribution is 5.76. The number of carbonyl (C=O) groups excluding carboxylic acids is 1. The van der Waals surface area contributed by atoms with Crippen molar-refractivity contribution in [2.75, 3.05) is 20.1 Å². The van der Waals surface area contributed by atoms with Crippen molar-refractivity contribution >= 4 is 5.91 Å². The molecule has 0 spiro atoms. The summed E-state index contributed by atoms with van der Waals surface area (Å²) in [5.41, 5.74) is 5.06. The van der Waals surface area contributed by atoms with Gasteiger partial charge in [0.05, 0.1) is 5.60 Å². The van der Waals surface area contributed by atoms with Crippen LogP contribution < -0.4 is 5.73 Å². The highest BCUT2D eigenvalue weighted by Crippen LogP contribution is 2.30. The van der Waals surface area contributed by atoms with Crippen LogP contribution in [0.25, 0.3) is 0 Å². The number of nitrogens with zero attached hydrogens (tertiary/aromatic N) is 1. The lowest BCUT2D eigenvalue weighted by Crippen LogP contribution is -2.42. The van der Waals surface area contributed by atoms with E-state index >= 15 is 0 Å². The van der Waals surface area contributed by atoms with Crippen molar-refractivity contribution in [2.24, 2.45) is 11.1 Å². The minimum absolute atomic E-state index is 0.121. The number of amides is 1. The highest BCUT2D eigenvalue weighted by atomic mass is 16.3. The van der Waals surface area contributed by atoms with Crippen LogP contribution in [0, 0.1) is 5.41 Å². The van der Waals surface area contributed by atoms with E-state index in [9.17, 15) is 9.90 Å². The Morgan fingerprint density at radius 2 is 1.89 bits per heavy atom. The van der Waals surface area contributed by atoms with Crippen molar-refractivity contribution in [1.29, 1.82) is 0 Å². The maximum atomic E-state index is 12.1. The number of carbonyl (C=O) groups is 1. The maximum Gasteiger partial charge on any atom is 0.222 e. The summed E-state index contributed by atoms with van der Waals surface area (Å²) in [5.74, 6) is 0.130. The van der Waals surface area contributed by atoms with E-state index in [0.717, 1.165) is 38.5 Å². The first-order valence-corrected chi connectivity index (χ1v) is 7.44. The molecular formula is C15H30N2O2. The van der Waals surface area contributed by atoms with Crippen LogP contribution in [0.2, 0.25) is 0 Å². The van der Waals surface area contributed by atoms with Gasteiger partial charge in [-0.05, 0) is 37.6 Å². The van der Waals surface area contributed by atoms with Gasteiger partial charge < -0.3 is 15.7 Å². The summed E-state index contributed by atoms with van der Waals surface area (Å²) in [6.45, 7) is 5.44. The molecule has 19 heavy (non-hydrogen) atoms. The van der Waals surface area contributed by atoms with E-state index in [0.29, 0.717) is 19.5 Å². The minimum Gasteiger partial charge on any atom is -0.388 e. The fourth-order valence-corrected chi connectivity index (χ4v) is 2.87. The molecule has 0 aromatic carbocycles. The van der Waals surface area contributed by atoms with Gasteiger partial charge in [-0.25, -0.2) is 0 Å². The van der Waals surface area contributed by atoms with E-state index in [1.54, 1.807) is 11.9 Å². The van der Waals surface area contributed by atoms with Crippen molar-refractivity contribution in [3.8, 4) is 0 Å². The van der Waals surface area contributed by atoms with Gasteiger partial charge in [0.1, 0.15) is 0 Å². The summed E-state index contributed by atoms with van der Waals surface area (Å²) >= 11 is 0. The summed E-state index contributed by atoms with van der Waals surface area (Å²) in [5, 5.41) is 10.3. The Balaban J connectivity index is 2.36. The number of nitrogens with two attached hydrogens (primary N) is 1. The average molecular weight is 270 g/mol. The van der Waals surface area contributed by atoms with Crippen LogP contribution >= 0.6 is 0 Å². The summed E-state index contributed by atoms with van der Waals surface area (Å²) in [6.07, 6.45) is 6.12. The molecule has 1 aliphatic carbocycles. The standard InChI is InChI=1S/C15H30N2O2/c1-14(2,10-11-16)9-6-13(18)17(3)12-15(19)7-4-5-8-15/h19H,4-12,16H2,1-3H3. The maximum absolute atomic E-state index is 12.1. The Morgan fingerprint density at radius 3 is 2.42 bits per heavy atom. The number of hydrogen-bond acceptors (Lipinski definition) is 3. The Morgan fingerprint density at radius 1 is 1.32 bits per heavy atom. The minimum atomic E-state index is -0.642. The Hall–Kier alpha value is -0.610. The fraction of sp³-hybridized carbons (Fsp3) is 0.933. The molecule has 3 N–H and O–H groups in total. The molecule has 4 heteroatoms. The predicted molar refractivity (Wildman–Crippen MR) is 77.7 cm³/mol. The van der Waals surface area contributed by atoms with Gasteiger partial charge in [0.25, 0.3) is 0 Å². The fourth-order valence-electron chi connectivity index (χ4n) is 2.87. The molecule has 0 unspecified atom stereocenters. The molecule has 112 valence electrons. The Kier molecular flexibility index (Phi) is 5.81. The van der Waals surface area contributed by atoms with Gasteiger partial charge in [-0.1, -0.05) is 26.7 Å². The normalized spacial score (nSPS) is 18.6. The molecule has 0 saturated heterocycles. The van der Waals surface area contributed by atoms with Crippen molar-refractivity contribution in [2.45, 2.75) is 64.4 Å². The number of rotatable bonds is 7. The van der Waals surface area contributed by atoms with Crippen molar-refractivity contribution in [3.63, 3.8) is 0 Å². The van der Waals surface area contributed by atoms with E-state index in [1.165, 1.54) is 0 Å². The van der Waals surface area contributed by atoms with Crippen LogP contribution in [0.3, 0.4) is 0 Å². The van der Waals surface area contributed by atoms with Gasteiger partial charge in [0.15, 0.2) is 0 Å². The summed E-state index contributed by atoms with van der Waals surface area (Å²) in [4.78, 5) is 13.8. The monoisotopic (exact) mass is 270 g/mol. The van der Waals surface area contributed by atoms with E-state index in [-0.39, 0.29) is 11.3 Å². The highest BCUT2D eigenvalue weighted by Gasteiger charge is 2.33. The zero-order valence-electron chi connectivity index (χ0n) is 12.7. The van der Waals surface area contributed by atoms with Gasteiger partial charge in [-0.2, -0.15) is 0 Å². The Labute approximate surface area is 117 Å². The molecule has 1 aliphatic rings. The smallest absolute Gasteiger partial charge is 0.222 e. The van der Waals surface area contributed by atoms with Crippen molar-refractivity contribution in [1.82, 2.24) is 4.90 Å². The van der Waals surface area contributed by atoms with Crippen molar-refractivity contribution < 1.29 is 9.90 Å². The largest absolute Gasteiger partial charge is 0.388 e. The zero-order chi connectivity index (χ0) is 14.5. The molecule has 0 aromatic rings. The molecule has 0 aliphatic heterocycles. The molecular weight excluding hydrogens is 240 g/mol. The number of hydrogen-bond donors (Lipinski definition) is 2. The van der Waals surface area contributed by atoms with Crippen LogP contribution in [-0.4, -0.2) is 41.7 Å². The lowest BCUT2D eigenvalue weighted by Gasteiger charge is -2.30. The third-order valence-corrected chi connectivity index (χ3v) is 4.33. The van der Waals surface area contributed by atoms with E-state index < -0.39 is 5.60 Å². The number of likely N-dealkylation sites (N-methyl/N-ethyl adjacent to an activating group) is 1. The van der Waals surface area contributed by atoms with Gasteiger partial charge in [0.2, 0.25) is 5.91 Å². The van der Waals surface area contributed by atoms with E-state index in [4.69, 9.17) is 5.73 Å². The molecule has 0 atom stereocenters. The van der Waals surface area contributed by atoms with Gasteiger partial charge in [-0.15, -0.1) is 0 Å². The van der Waals surface area contributed by atoms with Gasteiger partial charge in [-0.3, -0.25) is 4.79 Å². The molecule has 1 amide bonds. The van der Waals surface area contributed by atoms with Crippen LogP contribution in [0.15, 0.2) is 0 Å². The van der Waals surface area contributed by atoms with E-state index in [1.807, 2.05) is 0 Å². The Bertz CT molecular complexity index is 297. The van der Waals surface area contributed by atoms with E-state index in [2.05, 4.69) is 13.8 Å². The molecule has 1 fully saturated rings. The lowest BCUT2D eigenvalue weighted by molar-refractivity contribution is -0.133. The molecule has 0 radical (unpaired) electrons. The summed E-state index contributed by atoms with van der Waals surface area (Å²) in [7, 11) is 1.80. The first kappa shape index (κ1) is 16.4. The molecule has 0 bridgehead atoms. The summed E-state index contributed by atoms with van der Waals surface area (Å²) in [6, 6.07) is 0. The molecule has 1 rings (SSSR count). The topological polar surface area (TPSA) is 66.6 Å². The lowest BCUT2D eigenvalue weighted by atomic mass is 9.84. The SMILES string of the molecule is CN(CC1(O)CCCC1)C(=O)CCC(C)(C)CCN. The second-order valence-corrected chi connectivity index (χ2v) is 6.88. The second-order valence-electron chi connectivity index (χ2n) is 6.88. The average Bonchev–Trinajstić information content (AvgIpc) is 2.72. The molecule has 1 saturated carbocycles. The number of aliphatic hydroxyl groups is 1. The predicted octanol–water partition coefficient (Wildman–Crippen LogP) is 1.91. The van der Waals surface area contributed by atoms with Crippen LogP contribution in [-0.2, 0) is 4.79 Å². The van der Waals surface area contributed by atoms with Crippen LogP contribution in [0.1, 0.15) is 58.8 Å². The van der Waals surface area contributed by atoms with Crippen LogP contribution in [0.4, 0.5) is 0 Å². The first-order valence-electron chi connectivity index (χ1n) is 7.44. The quantitative estimate of drug-likeness (QED) is 0.742. The summed E-state index contributed by atoms with van der Waals surface area (Å²) < 4.78 is 0. The van der Waals surface area contributed by atoms with Gasteiger partial charge >= 0.3 is 0 Å². The second kappa shape index (κ2) is 6.71. The zero-order valence-corrected chi connectivity index (χ0v) is 12.7. The molecule has 0 heterocycles. The third-order valence-electron chi connectivity index (χ3n) is 4.33. The van der Waals surface area contributed by atoms with Gasteiger partial charge in [0, 0.05) is 20.0 Å². The molecule has 0 aromatic heterocycles. The first-order chi connectivity index (χ1) is 8.78. The third kappa shape index (κ3) is 5.49. The van der Waals surface area contributed by atoms with Crippen molar-refractivity contribution in [3.05, 3.63) is 0 Å². The van der Waals surface area contributed by atoms with Crippen LogP contribution in [0.5, 0.6) is 0 Å². The molecule has 4 nitrogen and oxygen atoms in total.